The summed E-state index contributed by atoms with van der Waals surface area (Å²) in [4.78, 5) is 7.97. The minimum absolute atomic E-state index is 0.144. The molecule has 2 heterocycles. The van der Waals surface area contributed by atoms with Gasteiger partial charge in [0.25, 0.3) is 0 Å². The number of nitrogens with zero attached hydrogens (tertiary/aromatic N) is 2. The maximum absolute atomic E-state index is 12.3. The second kappa shape index (κ2) is 6.44. The third kappa shape index (κ3) is 3.52. The molecular formula is C13H16N4O2S. The van der Waals surface area contributed by atoms with E-state index in [1.54, 1.807) is 30.7 Å². The molecule has 0 spiro atoms. The Morgan fingerprint density at radius 3 is 2.65 bits per heavy atom. The number of aromatic nitrogens is 2. The Kier molecular flexibility index (Phi) is 4.65. The summed E-state index contributed by atoms with van der Waals surface area (Å²) in [6, 6.07) is 5.21. The lowest BCUT2D eigenvalue weighted by atomic mass is 10.3. The number of anilines is 1. The maximum Gasteiger partial charge on any atom is 0.244 e. The van der Waals surface area contributed by atoms with Crippen molar-refractivity contribution in [1.29, 1.82) is 0 Å². The molecule has 0 saturated carbocycles. The SMILES string of the molecule is CCNc1ccncc1S(=O)(=O)NCc1cccnc1. The van der Waals surface area contributed by atoms with Crippen LogP contribution in [-0.4, -0.2) is 24.9 Å². The molecule has 0 bridgehead atoms. The Labute approximate surface area is 118 Å². The molecule has 2 aromatic rings. The third-order valence-electron chi connectivity index (χ3n) is 2.63. The summed E-state index contributed by atoms with van der Waals surface area (Å²) >= 11 is 0. The van der Waals surface area contributed by atoms with Gasteiger partial charge in [0.05, 0.1) is 5.69 Å². The topological polar surface area (TPSA) is 84.0 Å². The fourth-order valence-electron chi connectivity index (χ4n) is 1.69. The lowest BCUT2D eigenvalue weighted by Gasteiger charge is -2.11. The van der Waals surface area contributed by atoms with Gasteiger partial charge in [-0.15, -0.1) is 0 Å². The third-order valence-corrected chi connectivity index (χ3v) is 4.06. The molecule has 106 valence electrons. The van der Waals surface area contributed by atoms with Gasteiger partial charge in [0.15, 0.2) is 0 Å². The fourth-order valence-corrected chi connectivity index (χ4v) is 2.83. The van der Waals surface area contributed by atoms with Crippen molar-refractivity contribution in [2.45, 2.75) is 18.4 Å². The number of hydrogen-bond donors (Lipinski definition) is 2. The lowest BCUT2D eigenvalue weighted by molar-refractivity contribution is 0.581. The van der Waals surface area contributed by atoms with Gasteiger partial charge in [0.1, 0.15) is 4.90 Å². The van der Waals surface area contributed by atoms with Gasteiger partial charge in [0, 0.05) is 37.9 Å². The number of sulfonamides is 1. The first-order valence-electron chi connectivity index (χ1n) is 6.20. The average Bonchev–Trinajstić information content (AvgIpc) is 2.47. The van der Waals surface area contributed by atoms with Crippen molar-refractivity contribution in [3.63, 3.8) is 0 Å². The molecular weight excluding hydrogens is 276 g/mol. The molecule has 0 aromatic carbocycles. The van der Waals surface area contributed by atoms with E-state index in [1.807, 2.05) is 13.0 Å². The minimum Gasteiger partial charge on any atom is -0.384 e. The first-order valence-corrected chi connectivity index (χ1v) is 7.68. The molecule has 0 aliphatic rings. The zero-order chi connectivity index (χ0) is 14.4. The van der Waals surface area contributed by atoms with E-state index in [4.69, 9.17) is 0 Å². The van der Waals surface area contributed by atoms with E-state index < -0.39 is 10.0 Å². The van der Waals surface area contributed by atoms with Crippen LogP contribution in [-0.2, 0) is 16.6 Å². The molecule has 20 heavy (non-hydrogen) atoms. The predicted octanol–water partition coefficient (Wildman–Crippen LogP) is 1.39. The molecule has 0 amide bonds. The summed E-state index contributed by atoms with van der Waals surface area (Å²) in [5.41, 5.74) is 1.34. The molecule has 0 aliphatic heterocycles. The Balaban J connectivity index is 2.18. The number of pyridine rings is 2. The van der Waals surface area contributed by atoms with Crippen LogP contribution in [0.4, 0.5) is 5.69 Å². The van der Waals surface area contributed by atoms with Crippen molar-refractivity contribution in [2.75, 3.05) is 11.9 Å². The van der Waals surface area contributed by atoms with E-state index in [1.165, 1.54) is 6.20 Å². The Hall–Kier alpha value is -1.99. The predicted molar refractivity (Wildman–Crippen MR) is 76.7 cm³/mol. The largest absolute Gasteiger partial charge is 0.384 e. The summed E-state index contributed by atoms with van der Waals surface area (Å²) in [5.74, 6) is 0. The first-order chi connectivity index (χ1) is 9.63. The molecule has 0 radical (unpaired) electrons. The van der Waals surface area contributed by atoms with Crippen LogP contribution >= 0.6 is 0 Å². The summed E-state index contributed by atoms with van der Waals surface area (Å²) in [5, 5.41) is 3.01. The lowest BCUT2D eigenvalue weighted by Crippen LogP contribution is -2.24. The highest BCUT2D eigenvalue weighted by molar-refractivity contribution is 7.89. The van der Waals surface area contributed by atoms with Crippen LogP contribution in [0.3, 0.4) is 0 Å². The van der Waals surface area contributed by atoms with Crippen LogP contribution in [0.5, 0.6) is 0 Å². The molecule has 2 aromatic heterocycles. The van der Waals surface area contributed by atoms with Crippen molar-refractivity contribution in [2.24, 2.45) is 0 Å². The minimum atomic E-state index is -3.61. The summed E-state index contributed by atoms with van der Waals surface area (Å²) in [7, 11) is -3.61. The Morgan fingerprint density at radius 1 is 1.15 bits per heavy atom. The smallest absolute Gasteiger partial charge is 0.244 e. The van der Waals surface area contributed by atoms with Crippen LogP contribution in [0, 0.1) is 0 Å². The van der Waals surface area contributed by atoms with Gasteiger partial charge in [-0.2, -0.15) is 0 Å². The zero-order valence-corrected chi connectivity index (χ0v) is 11.9. The molecule has 0 aliphatic carbocycles. The highest BCUT2D eigenvalue weighted by Gasteiger charge is 2.18. The van der Waals surface area contributed by atoms with Crippen molar-refractivity contribution in [3.8, 4) is 0 Å². The molecule has 0 saturated heterocycles. The van der Waals surface area contributed by atoms with E-state index >= 15 is 0 Å². The molecule has 0 unspecified atom stereocenters. The van der Waals surface area contributed by atoms with Crippen molar-refractivity contribution >= 4 is 15.7 Å². The van der Waals surface area contributed by atoms with E-state index in [9.17, 15) is 8.42 Å². The summed E-state index contributed by atoms with van der Waals surface area (Å²) in [6.07, 6.45) is 6.15. The maximum atomic E-state index is 12.3. The number of hydrogen-bond acceptors (Lipinski definition) is 5. The van der Waals surface area contributed by atoms with Crippen LogP contribution < -0.4 is 10.0 Å². The van der Waals surface area contributed by atoms with E-state index in [-0.39, 0.29) is 11.4 Å². The highest BCUT2D eigenvalue weighted by Crippen LogP contribution is 2.19. The Bertz CT molecular complexity index is 659. The Morgan fingerprint density at radius 2 is 1.95 bits per heavy atom. The number of nitrogens with one attached hydrogen (secondary N) is 2. The van der Waals surface area contributed by atoms with E-state index in [0.29, 0.717) is 12.2 Å². The van der Waals surface area contributed by atoms with Crippen molar-refractivity contribution in [1.82, 2.24) is 14.7 Å². The monoisotopic (exact) mass is 292 g/mol. The molecule has 0 atom stereocenters. The van der Waals surface area contributed by atoms with Crippen LogP contribution in [0.2, 0.25) is 0 Å². The highest BCUT2D eigenvalue weighted by atomic mass is 32.2. The normalized spacial score (nSPS) is 11.2. The van der Waals surface area contributed by atoms with Crippen LogP contribution in [0.25, 0.3) is 0 Å². The fraction of sp³-hybridized carbons (Fsp3) is 0.231. The second-order valence-corrected chi connectivity index (χ2v) is 5.82. The average molecular weight is 292 g/mol. The van der Waals surface area contributed by atoms with Gasteiger partial charge in [-0.1, -0.05) is 6.07 Å². The molecule has 7 heteroatoms. The molecule has 0 fully saturated rings. The first kappa shape index (κ1) is 14.4. The standard InChI is InChI=1S/C13H16N4O2S/c1-2-16-12-5-7-15-10-13(12)20(18,19)17-9-11-4-3-6-14-8-11/h3-8,10,17H,2,9H2,1H3,(H,15,16). The molecule has 2 rings (SSSR count). The van der Waals surface area contributed by atoms with Gasteiger partial charge >= 0.3 is 0 Å². The van der Waals surface area contributed by atoms with E-state index in [0.717, 1.165) is 5.56 Å². The quantitative estimate of drug-likeness (QED) is 0.840. The van der Waals surface area contributed by atoms with Gasteiger partial charge in [-0.05, 0) is 24.6 Å². The van der Waals surface area contributed by atoms with Gasteiger partial charge in [-0.3, -0.25) is 9.97 Å². The summed E-state index contributed by atoms with van der Waals surface area (Å²) < 4.78 is 27.1. The van der Waals surface area contributed by atoms with Crippen LogP contribution in [0.1, 0.15) is 12.5 Å². The number of rotatable bonds is 6. The zero-order valence-electron chi connectivity index (χ0n) is 11.1. The van der Waals surface area contributed by atoms with Gasteiger partial charge < -0.3 is 5.32 Å². The van der Waals surface area contributed by atoms with Gasteiger partial charge in [0.2, 0.25) is 10.0 Å². The summed E-state index contributed by atoms with van der Waals surface area (Å²) in [6.45, 7) is 2.73. The van der Waals surface area contributed by atoms with Gasteiger partial charge in [-0.25, -0.2) is 13.1 Å². The second-order valence-electron chi connectivity index (χ2n) is 4.09. The van der Waals surface area contributed by atoms with Crippen LogP contribution in [0.15, 0.2) is 47.9 Å². The molecule has 2 N–H and O–H groups in total. The van der Waals surface area contributed by atoms with E-state index in [2.05, 4.69) is 20.0 Å². The van der Waals surface area contributed by atoms with Crippen molar-refractivity contribution in [3.05, 3.63) is 48.5 Å². The van der Waals surface area contributed by atoms with Crippen molar-refractivity contribution < 1.29 is 8.42 Å². The molecule has 6 nitrogen and oxygen atoms in total.